The summed E-state index contributed by atoms with van der Waals surface area (Å²) in [5, 5.41) is 0. The molecule has 0 spiro atoms. The van der Waals surface area contributed by atoms with Gasteiger partial charge in [-0.05, 0) is 106 Å². The van der Waals surface area contributed by atoms with Crippen LogP contribution < -0.4 is 9.47 Å². The third-order valence-corrected chi connectivity index (χ3v) is 9.41. The summed E-state index contributed by atoms with van der Waals surface area (Å²) in [5.41, 5.74) is 3.08. The van der Waals surface area contributed by atoms with Crippen molar-refractivity contribution in [2.75, 3.05) is 13.2 Å². The smallest absolute Gasteiger partial charge is 0.137 e. The first kappa shape index (κ1) is 29.4. The second-order valence-electron chi connectivity index (χ2n) is 13.1. The van der Waals surface area contributed by atoms with E-state index in [1.165, 1.54) is 5.56 Å². The lowest BCUT2D eigenvalue weighted by Crippen LogP contribution is -2.50. The van der Waals surface area contributed by atoms with Crippen LogP contribution in [0.15, 0.2) is 42.5 Å². The number of rotatable bonds is 13. The van der Waals surface area contributed by atoms with Crippen LogP contribution in [0, 0.1) is 35.5 Å². The Hall–Kier alpha value is -2.62. The van der Waals surface area contributed by atoms with Gasteiger partial charge in [0.15, 0.2) is 0 Å². The number of Topliss-reactive ketones (excluding diaryl/α,β-unsaturated/α-hetero) is 2. The average molecular weight is 533 g/mol. The van der Waals surface area contributed by atoms with Crippen molar-refractivity contribution in [3.63, 3.8) is 0 Å². The largest absolute Gasteiger partial charge is 0.493 e. The molecule has 0 aromatic heterocycles. The molecule has 2 aliphatic carbocycles. The molecule has 2 fully saturated rings. The van der Waals surface area contributed by atoms with E-state index in [-0.39, 0.29) is 28.8 Å². The highest BCUT2D eigenvalue weighted by Gasteiger charge is 2.54. The predicted molar refractivity (Wildman–Crippen MR) is 158 cm³/mol. The quantitative estimate of drug-likeness (QED) is 0.261. The van der Waals surface area contributed by atoms with Crippen LogP contribution in [0.25, 0.3) is 0 Å². The molecule has 0 N–H and O–H groups in total. The third kappa shape index (κ3) is 6.42. The molecule has 39 heavy (non-hydrogen) atoms. The molecule has 2 atom stereocenters. The van der Waals surface area contributed by atoms with Crippen LogP contribution in [-0.2, 0) is 16.0 Å². The standard InChI is InChI=1S/C35H48O4/c1-8-38-31-18-28(19-32(24(31)4)39-9-2)23(3)33(29-16-27(17-29)15-26-13-11-10-12-14-26)30(37)20-35(25(5)36)21-34(6,7)22-35/h10-14,18-19,23,27,29,33H,8-9,15-17,20-22H2,1-7H3/t23-,27?,29?,33?/m1/s1. The molecule has 2 aromatic rings. The number of carbonyl (C=O) groups is 2. The highest BCUT2D eigenvalue weighted by Crippen LogP contribution is 2.58. The average Bonchev–Trinajstić information content (AvgIpc) is 2.84. The molecule has 1 unspecified atom stereocenters. The molecule has 2 saturated carbocycles. The van der Waals surface area contributed by atoms with Gasteiger partial charge in [0.2, 0.25) is 0 Å². The lowest BCUT2D eigenvalue weighted by molar-refractivity contribution is -0.148. The van der Waals surface area contributed by atoms with Crippen LogP contribution in [0.3, 0.4) is 0 Å². The Morgan fingerprint density at radius 1 is 0.974 bits per heavy atom. The van der Waals surface area contributed by atoms with Crippen molar-refractivity contribution in [1.82, 2.24) is 0 Å². The maximum atomic E-state index is 14.3. The Morgan fingerprint density at radius 3 is 2.03 bits per heavy atom. The first-order valence-electron chi connectivity index (χ1n) is 15.0. The fourth-order valence-electron chi connectivity index (χ4n) is 7.64. The van der Waals surface area contributed by atoms with E-state index in [0.29, 0.717) is 31.5 Å². The van der Waals surface area contributed by atoms with Gasteiger partial charge in [0.25, 0.3) is 0 Å². The molecule has 0 heterocycles. The Kier molecular flexibility index (Phi) is 8.93. The molecule has 0 bridgehead atoms. The fourth-order valence-corrected chi connectivity index (χ4v) is 7.64. The first-order valence-corrected chi connectivity index (χ1v) is 15.0. The minimum atomic E-state index is -0.494. The lowest BCUT2D eigenvalue weighted by Gasteiger charge is -2.52. The maximum Gasteiger partial charge on any atom is 0.137 e. The normalized spacial score (nSPS) is 22.6. The fraction of sp³-hybridized carbons (Fsp3) is 0.600. The Morgan fingerprint density at radius 2 is 1.54 bits per heavy atom. The molecular formula is C35H48O4. The monoisotopic (exact) mass is 532 g/mol. The van der Waals surface area contributed by atoms with Crippen LogP contribution in [0.1, 0.15) is 96.3 Å². The van der Waals surface area contributed by atoms with E-state index in [0.717, 1.165) is 54.7 Å². The Balaban J connectivity index is 1.61. The summed E-state index contributed by atoms with van der Waals surface area (Å²) in [5.74, 6) is 2.89. The van der Waals surface area contributed by atoms with E-state index in [2.05, 4.69) is 63.2 Å². The zero-order valence-corrected chi connectivity index (χ0v) is 25.1. The van der Waals surface area contributed by atoms with Crippen molar-refractivity contribution in [2.24, 2.45) is 28.6 Å². The van der Waals surface area contributed by atoms with E-state index in [1.54, 1.807) is 6.92 Å². The summed E-state index contributed by atoms with van der Waals surface area (Å²) in [6, 6.07) is 14.9. The number of hydrogen-bond donors (Lipinski definition) is 0. The Labute approximate surface area is 235 Å². The van der Waals surface area contributed by atoms with Crippen molar-refractivity contribution >= 4 is 11.6 Å². The van der Waals surface area contributed by atoms with Crippen molar-refractivity contribution in [2.45, 2.75) is 92.9 Å². The van der Waals surface area contributed by atoms with E-state index in [1.807, 2.05) is 20.8 Å². The number of ether oxygens (including phenoxy) is 2. The molecule has 4 nitrogen and oxygen atoms in total. The SMILES string of the molecule is CCOc1cc([C@@H](C)C(C(=O)CC2(C(C)=O)CC(C)(C)C2)C2CC(Cc3ccccc3)C2)cc(OCC)c1C. The van der Waals surface area contributed by atoms with E-state index < -0.39 is 5.41 Å². The molecule has 0 saturated heterocycles. The van der Waals surface area contributed by atoms with Gasteiger partial charge in [-0.1, -0.05) is 51.1 Å². The number of ketones is 2. The topological polar surface area (TPSA) is 52.6 Å². The van der Waals surface area contributed by atoms with Crippen LogP contribution >= 0.6 is 0 Å². The zero-order chi connectivity index (χ0) is 28.4. The van der Waals surface area contributed by atoms with Gasteiger partial charge in [0.1, 0.15) is 23.1 Å². The first-order chi connectivity index (χ1) is 18.5. The minimum absolute atomic E-state index is 0.0104. The van der Waals surface area contributed by atoms with Crippen LogP contribution in [0.5, 0.6) is 11.5 Å². The van der Waals surface area contributed by atoms with E-state index in [9.17, 15) is 9.59 Å². The van der Waals surface area contributed by atoms with Crippen molar-refractivity contribution in [1.29, 1.82) is 0 Å². The van der Waals surface area contributed by atoms with Gasteiger partial charge in [-0.2, -0.15) is 0 Å². The van der Waals surface area contributed by atoms with Gasteiger partial charge < -0.3 is 9.47 Å². The summed E-state index contributed by atoms with van der Waals surface area (Å²) >= 11 is 0. The minimum Gasteiger partial charge on any atom is -0.493 e. The summed E-state index contributed by atoms with van der Waals surface area (Å²) in [7, 11) is 0. The lowest BCUT2D eigenvalue weighted by atomic mass is 9.50. The molecule has 4 rings (SSSR count). The predicted octanol–water partition coefficient (Wildman–Crippen LogP) is 8.14. The van der Waals surface area contributed by atoms with Gasteiger partial charge >= 0.3 is 0 Å². The van der Waals surface area contributed by atoms with Gasteiger partial charge in [0.05, 0.1) is 13.2 Å². The van der Waals surface area contributed by atoms with Gasteiger partial charge in [-0.25, -0.2) is 0 Å². The second kappa shape index (κ2) is 11.9. The molecule has 2 aliphatic rings. The number of carbonyl (C=O) groups excluding carboxylic acids is 2. The van der Waals surface area contributed by atoms with Gasteiger partial charge in [0, 0.05) is 23.3 Å². The number of benzene rings is 2. The van der Waals surface area contributed by atoms with Crippen LogP contribution in [0.2, 0.25) is 0 Å². The summed E-state index contributed by atoms with van der Waals surface area (Å²) in [4.78, 5) is 27.1. The molecule has 212 valence electrons. The molecular weight excluding hydrogens is 484 g/mol. The van der Waals surface area contributed by atoms with E-state index in [4.69, 9.17) is 9.47 Å². The molecule has 2 aromatic carbocycles. The van der Waals surface area contributed by atoms with Crippen LogP contribution in [-0.4, -0.2) is 24.8 Å². The second-order valence-corrected chi connectivity index (χ2v) is 13.1. The van der Waals surface area contributed by atoms with Gasteiger partial charge in [-0.3, -0.25) is 9.59 Å². The third-order valence-electron chi connectivity index (χ3n) is 9.41. The molecule has 4 heteroatoms. The summed E-state index contributed by atoms with van der Waals surface area (Å²) in [6.45, 7) is 15.4. The van der Waals surface area contributed by atoms with E-state index >= 15 is 0 Å². The van der Waals surface area contributed by atoms with Crippen molar-refractivity contribution in [3.05, 3.63) is 59.2 Å². The Bertz CT molecular complexity index is 1120. The highest BCUT2D eigenvalue weighted by atomic mass is 16.5. The zero-order valence-electron chi connectivity index (χ0n) is 25.1. The molecule has 0 amide bonds. The summed E-state index contributed by atoms with van der Waals surface area (Å²) in [6.07, 6.45) is 5.14. The molecule has 0 aliphatic heterocycles. The van der Waals surface area contributed by atoms with Crippen molar-refractivity contribution < 1.29 is 19.1 Å². The van der Waals surface area contributed by atoms with Gasteiger partial charge in [-0.15, -0.1) is 0 Å². The van der Waals surface area contributed by atoms with Crippen LogP contribution in [0.4, 0.5) is 0 Å². The molecule has 0 radical (unpaired) electrons. The number of hydrogen-bond acceptors (Lipinski definition) is 4. The summed E-state index contributed by atoms with van der Waals surface area (Å²) < 4.78 is 12.0. The highest BCUT2D eigenvalue weighted by molar-refractivity contribution is 5.92. The maximum absolute atomic E-state index is 14.3. The van der Waals surface area contributed by atoms with Crippen molar-refractivity contribution in [3.8, 4) is 11.5 Å².